The van der Waals surface area contributed by atoms with Crippen LogP contribution in [0.15, 0.2) is 10.6 Å². The third kappa shape index (κ3) is 3.06. The molecule has 5 nitrogen and oxygen atoms in total. The summed E-state index contributed by atoms with van der Waals surface area (Å²) in [4.78, 5) is 11.6. The Balaban J connectivity index is 2.56. The molecule has 84 valence electrons. The summed E-state index contributed by atoms with van der Waals surface area (Å²) in [7, 11) is 0. The van der Waals surface area contributed by atoms with Gasteiger partial charge in [0, 0.05) is 18.7 Å². The Morgan fingerprint density at radius 1 is 1.67 bits per heavy atom. The molecule has 0 radical (unpaired) electrons. The minimum Gasteiger partial charge on any atom is -0.396 e. The maximum atomic E-state index is 11.6. The van der Waals surface area contributed by atoms with Crippen molar-refractivity contribution < 1.29 is 14.4 Å². The molecule has 0 spiro atoms. The monoisotopic (exact) mass is 212 g/mol. The van der Waals surface area contributed by atoms with Gasteiger partial charge in [0.15, 0.2) is 0 Å². The van der Waals surface area contributed by atoms with E-state index in [9.17, 15) is 4.79 Å². The van der Waals surface area contributed by atoms with E-state index in [-0.39, 0.29) is 30.2 Å². The molecule has 15 heavy (non-hydrogen) atoms. The highest BCUT2D eigenvalue weighted by Crippen LogP contribution is 2.05. The highest BCUT2D eigenvalue weighted by Gasteiger charge is 2.17. The smallest absolute Gasteiger partial charge is 0.290 e. The first-order valence-corrected chi connectivity index (χ1v) is 4.89. The average molecular weight is 212 g/mol. The molecular weight excluding hydrogens is 196 g/mol. The topological polar surface area (TPSA) is 75.4 Å². The van der Waals surface area contributed by atoms with Crippen molar-refractivity contribution >= 4 is 5.91 Å². The third-order valence-corrected chi connectivity index (χ3v) is 2.35. The van der Waals surface area contributed by atoms with Crippen molar-refractivity contribution in [2.24, 2.45) is 5.92 Å². The quantitative estimate of drug-likeness (QED) is 0.771. The van der Waals surface area contributed by atoms with Crippen molar-refractivity contribution in [1.29, 1.82) is 0 Å². The second-order valence-corrected chi connectivity index (χ2v) is 3.75. The van der Waals surface area contributed by atoms with Gasteiger partial charge in [-0.25, -0.2) is 0 Å². The molecule has 0 aromatic carbocycles. The Labute approximate surface area is 88.5 Å². The molecule has 2 unspecified atom stereocenters. The zero-order valence-corrected chi connectivity index (χ0v) is 9.15. The fraction of sp³-hybridized carbons (Fsp3) is 0.600. The van der Waals surface area contributed by atoms with E-state index >= 15 is 0 Å². The summed E-state index contributed by atoms with van der Waals surface area (Å²) in [6.45, 7) is 5.48. The van der Waals surface area contributed by atoms with E-state index in [2.05, 4.69) is 10.5 Å². The Bertz CT molecular complexity index is 335. The highest BCUT2D eigenvalue weighted by atomic mass is 16.5. The molecule has 0 bridgehead atoms. The number of aliphatic hydroxyl groups is 1. The Morgan fingerprint density at radius 3 is 2.80 bits per heavy atom. The molecular formula is C10H16N2O3. The lowest BCUT2D eigenvalue weighted by atomic mass is 10.1. The Kier molecular flexibility index (Phi) is 3.85. The number of rotatable bonds is 4. The molecule has 0 saturated heterocycles. The van der Waals surface area contributed by atoms with Gasteiger partial charge in [-0.2, -0.15) is 0 Å². The van der Waals surface area contributed by atoms with Crippen molar-refractivity contribution in [2.75, 3.05) is 6.61 Å². The summed E-state index contributed by atoms with van der Waals surface area (Å²) in [6, 6.07) is 1.47. The number of aromatic nitrogens is 1. The first-order valence-electron chi connectivity index (χ1n) is 4.89. The van der Waals surface area contributed by atoms with Gasteiger partial charge in [-0.3, -0.25) is 4.79 Å². The number of aliphatic hydroxyl groups excluding tert-OH is 1. The fourth-order valence-electron chi connectivity index (χ4n) is 1.05. The Hall–Kier alpha value is -1.36. The summed E-state index contributed by atoms with van der Waals surface area (Å²) in [5.74, 6) is -0.0918. The Morgan fingerprint density at radius 2 is 2.33 bits per heavy atom. The molecule has 2 atom stereocenters. The second kappa shape index (κ2) is 4.93. The summed E-state index contributed by atoms with van der Waals surface area (Å²) >= 11 is 0. The second-order valence-electron chi connectivity index (χ2n) is 3.75. The van der Waals surface area contributed by atoms with Gasteiger partial charge in [-0.15, -0.1) is 0 Å². The number of amides is 1. The molecule has 1 amide bonds. The maximum Gasteiger partial charge on any atom is 0.290 e. The van der Waals surface area contributed by atoms with Gasteiger partial charge >= 0.3 is 0 Å². The van der Waals surface area contributed by atoms with Gasteiger partial charge in [-0.1, -0.05) is 12.1 Å². The number of hydrogen-bond donors (Lipinski definition) is 2. The van der Waals surface area contributed by atoms with Crippen LogP contribution in [0.4, 0.5) is 0 Å². The zero-order chi connectivity index (χ0) is 11.4. The van der Waals surface area contributed by atoms with Crippen LogP contribution < -0.4 is 5.32 Å². The number of carbonyl (C=O) groups is 1. The van der Waals surface area contributed by atoms with Crippen LogP contribution in [0.1, 0.15) is 30.1 Å². The van der Waals surface area contributed by atoms with E-state index in [1.165, 1.54) is 0 Å². The zero-order valence-electron chi connectivity index (χ0n) is 9.15. The molecule has 0 aliphatic carbocycles. The molecule has 1 heterocycles. The summed E-state index contributed by atoms with van der Waals surface area (Å²) < 4.78 is 4.82. The van der Waals surface area contributed by atoms with Gasteiger partial charge in [-0.05, 0) is 19.8 Å². The minimum absolute atomic E-state index is 0.0120. The maximum absolute atomic E-state index is 11.6. The first kappa shape index (κ1) is 11.7. The molecule has 0 saturated carbocycles. The number of nitrogens with zero attached hydrogens (tertiary/aromatic N) is 1. The van der Waals surface area contributed by atoms with E-state index < -0.39 is 0 Å². The lowest BCUT2D eigenvalue weighted by Crippen LogP contribution is -2.38. The van der Waals surface area contributed by atoms with Crippen LogP contribution >= 0.6 is 0 Å². The van der Waals surface area contributed by atoms with E-state index in [1.807, 2.05) is 13.8 Å². The van der Waals surface area contributed by atoms with Crippen LogP contribution in [0.2, 0.25) is 0 Å². The predicted octanol–water partition coefficient (Wildman–Crippen LogP) is 0.730. The van der Waals surface area contributed by atoms with Crippen molar-refractivity contribution in [3.63, 3.8) is 0 Å². The number of aryl methyl sites for hydroxylation is 1. The van der Waals surface area contributed by atoms with Gasteiger partial charge in [0.2, 0.25) is 5.76 Å². The van der Waals surface area contributed by atoms with Crippen molar-refractivity contribution in [3.8, 4) is 0 Å². The summed E-state index contributed by atoms with van der Waals surface area (Å²) in [5.41, 5.74) is 0.669. The van der Waals surface area contributed by atoms with Gasteiger partial charge in [0.25, 0.3) is 5.91 Å². The third-order valence-electron chi connectivity index (χ3n) is 2.35. The van der Waals surface area contributed by atoms with E-state index in [4.69, 9.17) is 9.63 Å². The van der Waals surface area contributed by atoms with Crippen LogP contribution in [0.25, 0.3) is 0 Å². The van der Waals surface area contributed by atoms with Crippen molar-refractivity contribution in [2.45, 2.75) is 26.8 Å². The lowest BCUT2D eigenvalue weighted by Gasteiger charge is -2.18. The van der Waals surface area contributed by atoms with Crippen LogP contribution in [0, 0.1) is 12.8 Å². The first-order chi connectivity index (χ1) is 7.04. The van der Waals surface area contributed by atoms with Crippen LogP contribution in [0.5, 0.6) is 0 Å². The number of hydrogen-bond acceptors (Lipinski definition) is 4. The summed E-state index contributed by atoms with van der Waals surface area (Å²) in [5, 5.41) is 15.3. The summed E-state index contributed by atoms with van der Waals surface area (Å²) in [6.07, 6.45) is 0. The van der Waals surface area contributed by atoms with Gasteiger partial charge in [0.1, 0.15) is 0 Å². The molecule has 1 aromatic heterocycles. The molecule has 0 fully saturated rings. The SMILES string of the molecule is Cc1cc(C(=O)NC(C)C(C)CO)on1. The number of nitrogens with one attached hydrogen (secondary N) is 1. The molecule has 2 N–H and O–H groups in total. The van der Waals surface area contributed by atoms with Gasteiger partial charge < -0.3 is 14.9 Å². The lowest BCUT2D eigenvalue weighted by molar-refractivity contribution is 0.0879. The average Bonchev–Trinajstić information content (AvgIpc) is 2.63. The minimum atomic E-state index is -0.302. The fourth-order valence-corrected chi connectivity index (χ4v) is 1.05. The standard InChI is InChI=1S/C10H16N2O3/c1-6(5-13)8(3)11-10(14)9-4-7(2)12-15-9/h4,6,8,13H,5H2,1-3H3,(H,11,14). The normalized spacial score (nSPS) is 14.7. The van der Waals surface area contributed by atoms with E-state index in [0.717, 1.165) is 0 Å². The van der Waals surface area contributed by atoms with Crippen LogP contribution in [0.3, 0.4) is 0 Å². The van der Waals surface area contributed by atoms with Crippen molar-refractivity contribution in [3.05, 3.63) is 17.5 Å². The molecule has 1 rings (SSSR count). The van der Waals surface area contributed by atoms with Gasteiger partial charge in [0.05, 0.1) is 5.69 Å². The van der Waals surface area contributed by atoms with E-state index in [1.54, 1.807) is 13.0 Å². The van der Waals surface area contributed by atoms with Crippen LogP contribution in [-0.2, 0) is 0 Å². The molecule has 0 aliphatic rings. The van der Waals surface area contributed by atoms with E-state index in [0.29, 0.717) is 5.69 Å². The molecule has 1 aromatic rings. The molecule has 5 heteroatoms. The largest absolute Gasteiger partial charge is 0.396 e. The highest BCUT2D eigenvalue weighted by molar-refractivity contribution is 5.91. The van der Waals surface area contributed by atoms with Crippen LogP contribution in [-0.4, -0.2) is 28.8 Å². The molecule has 0 aliphatic heterocycles. The predicted molar refractivity (Wildman–Crippen MR) is 54.4 cm³/mol. The number of carbonyl (C=O) groups excluding carboxylic acids is 1. The van der Waals surface area contributed by atoms with Crippen molar-refractivity contribution in [1.82, 2.24) is 10.5 Å².